The number of halogens is 1. The standard InChI is InChI=1S/C54H77ClO7SSi/c1-37-23-26-45(27-24-37)63(57,58)36-48-41(5)51(34-44-29-30-54(9,10)62-44)61-52(48)35-49(56)40(4)38(2)32-42(55)25-28-50-39(3)33-43(60-50)18-17-31-59-64(53(6,7)8,46-19-13-11-14-20-46)47-21-15-12-16-22-47/h11-16,19-24,26-27,38,41-44,48-52,56H,3-4,17-18,25,28-36H2,1-2,5-10H3/t38-,41-,42+,43+,44-,48-,49?,50?,51?,52+/m1/s1. The summed E-state index contributed by atoms with van der Waals surface area (Å²) in [6, 6.07) is 28.6. The lowest BCUT2D eigenvalue weighted by Crippen LogP contribution is -2.66. The first-order chi connectivity index (χ1) is 30.2. The van der Waals surface area contributed by atoms with Crippen molar-refractivity contribution in [3.05, 3.63) is 115 Å². The molecule has 3 heterocycles. The van der Waals surface area contributed by atoms with Crippen LogP contribution in [0.5, 0.6) is 0 Å². The molecule has 0 aromatic heterocycles. The average Bonchev–Trinajstić information content (AvgIpc) is 3.88. The molecule has 10 atom stereocenters. The van der Waals surface area contributed by atoms with Gasteiger partial charge in [-0.25, -0.2) is 8.42 Å². The summed E-state index contributed by atoms with van der Waals surface area (Å²) in [5.74, 6) is -0.412. The van der Waals surface area contributed by atoms with Crippen LogP contribution >= 0.6 is 11.6 Å². The van der Waals surface area contributed by atoms with Gasteiger partial charge >= 0.3 is 0 Å². The van der Waals surface area contributed by atoms with Gasteiger partial charge in [-0.3, -0.25) is 0 Å². The number of hydrogen-bond acceptors (Lipinski definition) is 7. The van der Waals surface area contributed by atoms with E-state index in [1.807, 2.05) is 19.1 Å². The summed E-state index contributed by atoms with van der Waals surface area (Å²) < 4.78 is 54.3. The van der Waals surface area contributed by atoms with E-state index in [4.69, 9.17) is 30.2 Å². The number of sulfone groups is 1. The fourth-order valence-electron chi connectivity index (χ4n) is 10.6. The van der Waals surface area contributed by atoms with Crippen molar-refractivity contribution in [1.29, 1.82) is 0 Å². The zero-order valence-electron chi connectivity index (χ0n) is 39.9. The highest BCUT2D eigenvalue weighted by atomic mass is 35.5. The minimum Gasteiger partial charge on any atom is -0.407 e. The van der Waals surface area contributed by atoms with Crippen molar-refractivity contribution in [1.82, 2.24) is 0 Å². The van der Waals surface area contributed by atoms with Gasteiger partial charge in [-0.1, -0.05) is 126 Å². The Balaban J connectivity index is 0.990. The Morgan fingerprint density at radius 2 is 1.58 bits per heavy atom. The van der Waals surface area contributed by atoms with Crippen LogP contribution in [0.15, 0.2) is 114 Å². The van der Waals surface area contributed by atoms with E-state index in [0.29, 0.717) is 29.9 Å². The molecule has 0 radical (unpaired) electrons. The third kappa shape index (κ3) is 12.5. The fraction of sp³-hybridized carbons (Fsp3) is 0.593. The van der Waals surface area contributed by atoms with Gasteiger partial charge in [0.05, 0.1) is 52.9 Å². The third-order valence-corrected chi connectivity index (χ3v) is 21.8. The van der Waals surface area contributed by atoms with E-state index < -0.39 is 30.4 Å². The first kappa shape index (κ1) is 50.8. The van der Waals surface area contributed by atoms with Gasteiger partial charge < -0.3 is 23.7 Å². The van der Waals surface area contributed by atoms with Crippen LogP contribution in [0.3, 0.4) is 0 Å². The van der Waals surface area contributed by atoms with Crippen LogP contribution in [0, 0.1) is 24.7 Å². The molecule has 352 valence electrons. The second-order valence-electron chi connectivity index (χ2n) is 21.0. The number of ether oxygens (including phenoxy) is 3. The molecule has 0 spiro atoms. The zero-order chi connectivity index (χ0) is 46.5. The van der Waals surface area contributed by atoms with Gasteiger partial charge in [-0.15, -0.1) is 11.6 Å². The van der Waals surface area contributed by atoms with E-state index in [2.05, 4.69) is 122 Å². The van der Waals surface area contributed by atoms with Crippen molar-refractivity contribution >= 4 is 40.1 Å². The molecular weight excluding hydrogens is 856 g/mol. The van der Waals surface area contributed by atoms with Crippen LogP contribution in [0.4, 0.5) is 0 Å². The molecule has 64 heavy (non-hydrogen) atoms. The lowest BCUT2D eigenvalue weighted by atomic mass is 9.84. The van der Waals surface area contributed by atoms with Gasteiger partial charge in [0.2, 0.25) is 0 Å². The predicted octanol–water partition coefficient (Wildman–Crippen LogP) is 10.9. The van der Waals surface area contributed by atoms with Crippen molar-refractivity contribution in [2.45, 2.75) is 177 Å². The molecule has 0 aliphatic carbocycles. The highest BCUT2D eigenvalue weighted by Crippen LogP contribution is 2.43. The normalized spacial score (nSPS) is 26.5. The number of alkyl halides is 1. The Hall–Kier alpha value is -2.60. The summed E-state index contributed by atoms with van der Waals surface area (Å²) >= 11 is 7.02. The van der Waals surface area contributed by atoms with E-state index in [-0.39, 0.29) is 70.4 Å². The molecule has 3 aromatic rings. The van der Waals surface area contributed by atoms with Gasteiger partial charge in [0, 0.05) is 30.7 Å². The fourth-order valence-corrected chi connectivity index (χ4v) is 17.4. The Morgan fingerprint density at radius 1 is 0.953 bits per heavy atom. The quantitative estimate of drug-likeness (QED) is 0.0492. The van der Waals surface area contributed by atoms with Crippen LogP contribution in [0.2, 0.25) is 5.04 Å². The Bertz CT molecular complexity index is 2050. The molecule has 7 nitrogen and oxygen atoms in total. The molecule has 1 N–H and O–H groups in total. The van der Waals surface area contributed by atoms with E-state index in [9.17, 15) is 13.5 Å². The summed E-state index contributed by atoms with van der Waals surface area (Å²) in [4.78, 5) is 0.319. The largest absolute Gasteiger partial charge is 0.407 e. The Kier molecular flexibility index (Phi) is 17.1. The smallest absolute Gasteiger partial charge is 0.261 e. The summed E-state index contributed by atoms with van der Waals surface area (Å²) in [6.45, 7) is 26.7. The van der Waals surface area contributed by atoms with Crippen LogP contribution in [0.1, 0.15) is 118 Å². The van der Waals surface area contributed by atoms with Crippen LogP contribution in [-0.4, -0.2) is 81.8 Å². The number of aliphatic hydroxyl groups is 1. The lowest BCUT2D eigenvalue weighted by molar-refractivity contribution is -0.0558. The van der Waals surface area contributed by atoms with Gasteiger partial charge in [0.15, 0.2) is 9.84 Å². The molecule has 6 rings (SSSR count). The van der Waals surface area contributed by atoms with Crippen LogP contribution in [-0.2, 0) is 28.5 Å². The van der Waals surface area contributed by atoms with Gasteiger partial charge in [-0.05, 0) is 123 Å². The maximum absolute atomic E-state index is 13.8. The van der Waals surface area contributed by atoms with Gasteiger partial charge in [0.25, 0.3) is 8.32 Å². The molecule has 3 unspecified atom stereocenters. The molecule has 3 fully saturated rings. The van der Waals surface area contributed by atoms with Crippen LogP contribution < -0.4 is 10.4 Å². The molecule has 3 aliphatic heterocycles. The number of aliphatic hydroxyl groups excluding tert-OH is 1. The van der Waals surface area contributed by atoms with Gasteiger partial charge in [-0.2, -0.15) is 0 Å². The van der Waals surface area contributed by atoms with E-state index in [1.54, 1.807) is 12.1 Å². The molecule has 0 amide bonds. The van der Waals surface area contributed by atoms with Crippen molar-refractivity contribution in [3.8, 4) is 0 Å². The van der Waals surface area contributed by atoms with E-state index in [0.717, 1.165) is 56.1 Å². The Morgan fingerprint density at radius 3 is 2.16 bits per heavy atom. The average molecular weight is 934 g/mol. The summed E-state index contributed by atoms with van der Waals surface area (Å²) in [7, 11) is -6.18. The minimum absolute atomic E-state index is 0.0305. The van der Waals surface area contributed by atoms with Crippen LogP contribution in [0.25, 0.3) is 0 Å². The SMILES string of the molecule is C=C1C[C@H](CCCO[Si](c2ccccc2)(c2ccccc2)C(C)(C)C)OC1CC[C@H](Cl)C[C@@H](C)C(=C)C(O)C[C@@H]1OC(C[C@H]2CCC(C)(C)O2)[C@H](C)[C@H]1CS(=O)(=O)c1ccc(C)cc1. The monoisotopic (exact) mass is 932 g/mol. The number of benzene rings is 3. The number of aryl methyl sites for hydroxylation is 1. The maximum atomic E-state index is 13.8. The summed E-state index contributed by atoms with van der Waals surface area (Å²) in [5, 5.41) is 14.1. The molecule has 0 bridgehead atoms. The molecule has 3 saturated heterocycles. The van der Waals surface area contributed by atoms with E-state index >= 15 is 0 Å². The third-order valence-electron chi connectivity index (χ3n) is 14.5. The Labute approximate surface area is 392 Å². The predicted molar refractivity (Wildman–Crippen MR) is 265 cm³/mol. The van der Waals surface area contributed by atoms with Gasteiger partial charge in [0.1, 0.15) is 0 Å². The topological polar surface area (TPSA) is 91.3 Å². The second-order valence-corrected chi connectivity index (χ2v) is 28.0. The molecule has 0 saturated carbocycles. The molecular formula is C54H77ClO7SSi. The highest BCUT2D eigenvalue weighted by molar-refractivity contribution is 7.91. The maximum Gasteiger partial charge on any atom is 0.261 e. The van der Waals surface area contributed by atoms with Crippen molar-refractivity contribution in [2.24, 2.45) is 17.8 Å². The minimum atomic E-state index is -3.59. The molecule has 10 heteroatoms. The first-order valence-corrected chi connectivity index (χ1v) is 27.9. The number of rotatable bonds is 21. The number of hydrogen-bond donors (Lipinski definition) is 1. The lowest BCUT2D eigenvalue weighted by Gasteiger charge is -2.43. The van der Waals surface area contributed by atoms with Crippen molar-refractivity contribution < 1.29 is 32.2 Å². The molecule has 3 aromatic carbocycles. The summed E-state index contributed by atoms with van der Waals surface area (Å²) in [5.41, 5.74) is 2.67. The summed E-state index contributed by atoms with van der Waals surface area (Å²) in [6.07, 6.45) is 6.45. The highest BCUT2D eigenvalue weighted by Gasteiger charge is 2.50. The van der Waals surface area contributed by atoms with Crippen molar-refractivity contribution in [2.75, 3.05) is 12.4 Å². The zero-order valence-corrected chi connectivity index (χ0v) is 42.5. The molecule has 3 aliphatic rings. The van der Waals surface area contributed by atoms with E-state index in [1.165, 1.54) is 10.4 Å². The van der Waals surface area contributed by atoms with Crippen molar-refractivity contribution in [3.63, 3.8) is 0 Å². The second kappa shape index (κ2) is 21.6. The first-order valence-electron chi connectivity index (χ1n) is 23.9.